The second-order valence-electron chi connectivity index (χ2n) is 2.42. The van der Waals surface area contributed by atoms with Crippen LogP contribution in [-0.4, -0.2) is 9.55 Å². The van der Waals surface area contributed by atoms with Gasteiger partial charge in [0.05, 0.1) is 0 Å². The molecule has 0 fully saturated rings. The highest BCUT2D eigenvalue weighted by Crippen LogP contribution is 2.15. The SMILES string of the molecule is CC(C)n1cc(Br)nc1N. The number of nitrogens with zero attached hydrogens (tertiary/aromatic N) is 2. The lowest BCUT2D eigenvalue weighted by Gasteiger charge is -2.06. The van der Waals surface area contributed by atoms with Crippen molar-refractivity contribution in [3.63, 3.8) is 0 Å². The summed E-state index contributed by atoms with van der Waals surface area (Å²) < 4.78 is 2.70. The maximum absolute atomic E-state index is 5.56. The average Bonchev–Trinajstić information content (AvgIpc) is 2.10. The Morgan fingerprint density at radius 3 is 2.50 bits per heavy atom. The zero-order valence-corrected chi connectivity index (χ0v) is 7.59. The van der Waals surface area contributed by atoms with Gasteiger partial charge in [0.1, 0.15) is 4.60 Å². The van der Waals surface area contributed by atoms with Gasteiger partial charge in [-0.25, -0.2) is 4.98 Å². The van der Waals surface area contributed by atoms with Crippen molar-refractivity contribution >= 4 is 21.9 Å². The molecule has 0 unspecified atom stereocenters. The van der Waals surface area contributed by atoms with Gasteiger partial charge in [0, 0.05) is 12.2 Å². The molecule has 0 aliphatic carbocycles. The average molecular weight is 204 g/mol. The third-order valence-electron chi connectivity index (χ3n) is 1.29. The molecule has 0 bridgehead atoms. The van der Waals surface area contributed by atoms with Gasteiger partial charge in [0.2, 0.25) is 5.95 Å². The van der Waals surface area contributed by atoms with Crippen LogP contribution in [0.1, 0.15) is 19.9 Å². The summed E-state index contributed by atoms with van der Waals surface area (Å²) in [6.07, 6.45) is 1.88. The number of nitrogens with two attached hydrogens (primary N) is 1. The number of hydrogen-bond donors (Lipinski definition) is 1. The molecule has 0 amide bonds. The lowest BCUT2D eigenvalue weighted by molar-refractivity contribution is 0.608. The van der Waals surface area contributed by atoms with Crippen LogP contribution in [0.15, 0.2) is 10.8 Å². The highest BCUT2D eigenvalue weighted by molar-refractivity contribution is 9.10. The molecule has 0 spiro atoms. The molecule has 0 aromatic carbocycles. The van der Waals surface area contributed by atoms with Gasteiger partial charge >= 0.3 is 0 Å². The Kier molecular flexibility index (Phi) is 1.99. The molecule has 0 radical (unpaired) electrons. The first-order valence-corrected chi connectivity index (χ1v) is 3.90. The van der Waals surface area contributed by atoms with E-state index in [1.54, 1.807) is 0 Å². The highest BCUT2D eigenvalue weighted by Gasteiger charge is 2.03. The van der Waals surface area contributed by atoms with Crippen LogP contribution in [0, 0.1) is 0 Å². The first-order chi connectivity index (χ1) is 4.61. The van der Waals surface area contributed by atoms with Crippen LogP contribution in [0.4, 0.5) is 5.95 Å². The van der Waals surface area contributed by atoms with Gasteiger partial charge in [-0.3, -0.25) is 0 Å². The van der Waals surface area contributed by atoms with E-state index in [9.17, 15) is 0 Å². The van der Waals surface area contributed by atoms with Crippen LogP contribution >= 0.6 is 15.9 Å². The quantitative estimate of drug-likeness (QED) is 0.757. The monoisotopic (exact) mass is 203 g/mol. The minimum Gasteiger partial charge on any atom is -0.369 e. The van der Waals surface area contributed by atoms with E-state index >= 15 is 0 Å². The van der Waals surface area contributed by atoms with Crippen molar-refractivity contribution in [1.82, 2.24) is 9.55 Å². The molecule has 1 rings (SSSR count). The fourth-order valence-electron chi connectivity index (χ4n) is 0.791. The summed E-state index contributed by atoms with van der Waals surface area (Å²) >= 11 is 3.24. The number of hydrogen-bond acceptors (Lipinski definition) is 2. The lowest BCUT2D eigenvalue weighted by atomic mass is 10.4. The van der Waals surface area contributed by atoms with Crippen molar-refractivity contribution in [3.8, 4) is 0 Å². The minimum atomic E-state index is 0.374. The van der Waals surface area contributed by atoms with Gasteiger partial charge in [-0.15, -0.1) is 0 Å². The largest absolute Gasteiger partial charge is 0.369 e. The molecule has 0 saturated carbocycles. The maximum Gasteiger partial charge on any atom is 0.201 e. The number of nitrogen functional groups attached to an aromatic ring is 1. The van der Waals surface area contributed by atoms with E-state index in [1.165, 1.54) is 0 Å². The van der Waals surface area contributed by atoms with Crippen molar-refractivity contribution < 1.29 is 0 Å². The Labute approximate surface area is 68.4 Å². The van der Waals surface area contributed by atoms with E-state index in [1.807, 2.05) is 10.8 Å². The van der Waals surface area contributed by atoms with Crippen molar-refractivity contribution in [2.45, 2.75) is 19.9 Å². The third-order valence-corrected chi connectivity index (χ3v) is 1.67. The van der Waals surface area contributed by atoms with Crippen LogP contribution in [-0.2, 0) is 0 Å². The number of halogens is 1. The van der Waals surface area contributed by atoms with E-state index in [-0.39, 0.29) is 0 Å². The summed E-state index contributed by atoms with van der Waals surface area (Å²) in [7, 11) is 0. The van der Waals surface area contributed by atoms with Crippen molar-refractivity contribution in [2.24, 2.45) is 0 Å². The first kappa shape index (κ1) is 7.60. The second-order valence-corrected chi connectivity index (χ2v) is 3.24. The predicted octanol–water partition coefficient (Wildman–Crippen LogP) is 1.81. The Morgan fingerprint density at radius 1 is 1.70 bits per heavy atom. The lowest BCUT2D eigenvalue weighted by Crippen LogP contribution is -2.03. The number of aromatic nitrogens is 2. The van der Waals surface area contributed by atoms with Crippen LogP contribution in [0.2, 0.25) is 0 Å². The zero-order chi connectivity index (χ0) is 7.72. The molecule has 2 N–H and O–H groups in total. The zero-order valence-electron chi connectivity index (χ0n) is 6.00. The fraction of sp³-hybridized carbons (Fsp3) is 0.500. The van der Waals surface area contributed by atoms with Gasteiger partial charge in [-0.2, -0.15) is 0 Å². The molecule has 0 aliphatic heterocycles. The molecule has 10 heavy (non-hydrogen) atoms. The number of anilines is 1. The Morgan fingerprint density at radius 2 is 2.30 bits per heavy atom. The molecular weight excluding hydrogens is 194 g/mol. The summed E-state index contributed by atoms with van der Waals surface area (Å²) in [4.78, 5) is 3.99. The molecule has 4 heteroatoms. The van der Waals surface area contributed by atoms with Crippen LogP contribution in [0.25, 0.3) is 0 Å². The Hall–Kier alpha value is -0.510. The molecule has 56 valence electrons. The van der Waals surface area contributed by atoms with Crippen LogP contribution < -0.4 is 5.73 Å². The molecule has 0 saturated heterocycles. The normalized spacial score (nSPS) is 10.8. The summed E-state index contributed by atoms with van der Waals surface area (Å²) in [5.41, 5.74) is 5.56. The number of rotatable bonds is 1. The van der Waals surface area contributed by atoms with Crippen molar-refractivity contribution in [1.29, 1.82) is 0 Å². The summed E-state index contributed by atoms with van der Waals surface area (Å²) in [6.45, 7) is 4.12. The van der Waals surface area contributed by atoms with E-state index in [4.69, 9.17) is 5.73 Å². The fourth-order valence-corrected chi connectivity index (χ4v) is 1.19. The molecule has 0 atom stereocenters. The first-order valence-electron chi connectivity index (χ1n) is 3.11. The Bertz CT molecular complexity index is 229. The van der Waals surface area contributed by atoms with Crippen molar-refractivity contribution in [2.75, 3.05) is 5.73 Å². The predicted molar refractivity (Wildman–Crippen MR) is 44.7 cm³/mol. The molecular formula is C6H10BrN3. The van der Waals surface area contributed by atoms with Gasteiger partial charge < -0.3 is 10.3 Å². The van der Waals surface area contributed by atoms with E-state index in [0.29, 0.717) is 12.0 Å². The minimum absolute atomic E-state index is 0.374. The Balaban J connectivity index is 3.03. The smallest absolute Gasteiger partial charge is 0.201 e. The standard InChI is InChI=1S/C6H10BrN3/c1-4(2)10-3-5(7)9-6(10)8/h3-4H,1-2H3,(H2,8,9). The second kappa shape index (κ2) is 2.62. The van der Waals surface area contributed by atoms with Gasteiger partial charge in [-0.1, -0.05) is 0 Å². The van der Waals surface area contributed by atoms with Gasteiger partial charge in [-0.05, 0) is 29.8 Å². The molecule has 0 aliphatic rings. The third kappa shape index (κ3) is 1.31. The van der Waals surface area contributed by atoms with Gasteiger partial charge in [0.25, 0.3) is 0 Å². The number of imidazole rings is 1. The van der Waals surface area contributed by atoms with E-state index < -0.39 is 0 Å². The van der Waals surface area contributed by atoms with E-state index in [2.05, 4.69) is 34.8 Å². The summed E-state index contributed by atoms with van der Waals surface area (Å²) in [6, 6.07) is 0.374. The highest BCUT2D eigenvalue weighted by atomic mass is 79.9. The van der Waals surface area contributed by atoms with Crippen molar-refractivity contribution in [3.05, 3.63) is 10.8 Å². The maximum atomic E-state index is 5.56. The molecule has 1 aromatic rings. The summed E-state index contributed by atoms with van der Waals surface area (Å²) in [5, 5.41) is 0. The van der Waals surface area contributed by atoms with Gasteiger partial charge in [0.15, 0.2) is 0 Å². The van der Waals surface area contributed by atoms with E-state index in [0.717, 1.165) is 4.60 Å². The topological polar surface area (TPSA) is 43.8 Å². The van der Waals surface area contributed by atoms with Crippen LogP contribution in [0.3, 0.4) is 0 Å². The summed E-state index contributed by atoms with van der Waals surface area (Å²) in [5.74, 6) is 0.557. The molecule has 3 nitrogen and oxygen atoms in total. The molecule has 1 aromatic heterocycles. The van der Waals surface area contributed by atoms with Crippen LogP contribution in [0.5, 0.6) is 0 Å². The molecule has 1 heterocycles.